The standard InChI is InChI=1S/C28H20N2O3S2/c1-2-30-27(32)25-21(17-8-4-3-5-9-17)16-34-26(25)29-28(30)35-15-19-14-23(31)33-22-13-12-18-10-6-7-11-20(18)24(19)22/h3-14,16H,2,15H2,1H3. The molecular formula is C28H20N2O3S2. The summed E-state index contributed by atoms with van der Waals surface area (Å²) in [7, 11) is 0. The fourth-order valence-electron chi connectivity index (χ4n) is 4.50. The molecule has 7 heteroatoms. The Morgan fingerprint density at radius 2 is 1.77 bits per heavy atom. The zero-order valence-corrected chi connectivity index (χ0v) is 20.5. The Morgan fingerprint density at radius 3 is 2.60 bits per heavy atom. The van der Waals surface area contributed by atoms with Crippen LogP contribution in [0.4, 0.5) is 0 Å². The molecule has 0 amide bonds. The van der Waals surface area contributed by atoms with E-state index in [4.69, 9.17) is 9.40 Å². The highest BCUT2D eigenvalue weighted by atomic mass is 32.2. The van der Waals surface area contributed by atoms with Crippen molar-refractivity contribution in [2.75, 3.05) is 0 Å². The van der Waals surface area contributed by atoms with Crippen LogP contribution in [0.5, 0.6) is 0 Å². The zero-order valence-electron chi connectivity index (χ0n) is 18.9. The third-order valence-corrected chi connectivity index (χ3v) is 8.03. The van der Waals surface area contributed by atoms with Gasteiger partial charge in [-0.1, -0.05) is 72.4 Å². The van der Waals surface area contributed by atoms with Gasteiger partial charge in [0.15, 0.2) is 5.16 Å². The van der Waals surface area contributed by atoms with Crippen LogP contribution >= 0.6 is 23.1 Å². The maximum Gasteiger partial charge on any atom is 0.336 e. The lowest BCUT2D eigenvalue weighted by atomic mass is 10.0. The molecule has 0 bridgehead atoms. The molecule has 0 saturated heterocycles. The maximum absolute atomic E-state index is 13.5. The third kappa shape index (κ3) is 3.77. The fourth-order valence-corrected chi connectivity index (χ4v) is 6.53. The predicted octanol–water partition coefficient (Wildman–Crippen LogP) is 6.70. The number of benzene rings is 3. The highest BCUT2D eigenvalue weighted by Crippen LogP contribution is 2.34. The minimum absolute atomic E-state index is 0.0389. The molecule has 0 spiro atoms. The molecule has 0 unspecified atom stereocenters. The summed E-state index contributed by atoms with van der Waals surface area (Å²) < 4.78 is 7.22. The van der Waals surface area contributed by atoms with Crippen molar-refractivity contribution in [1.82, 2.24) is 9.55 Å². The van der Waals surface area contributed by atoms with E-state index in [1.807, 2.05) is 79.0 Å². The SMILES string of the molecule is CCn1c(SCc2cc(=O)oc3ccc4ccccc4c23)nc2scc(-c3ccccc3)c2c1=O. The lowest BCUT2D eigenvalue weighted by molar-refractivity contribution is 0.560. The van der Waals surface area contributed by atoms with Gasteiger partial charge in [-0.2, -0.15) is 0 Å². The van der Waals surface area contributed by atoms with Crippen LogP contribution in [0, 0.1) is 0 Å². The van der Waals surface area contributed by atoms with Gasteiger partial charge in [-0.05, 0) is 34.9 Å². The van der Waals surface area contributed by atoms with E-state index in [2.05, 4.69) is 0 Å². The highest BCUT2D eigenvalue weighted by molar-refractivity contribution is 7.98. The number of thiophene rings is 1. The van der Waals surface area contributed by atoms with Gasteiger partial charge in [-0.25, -0.2) is 9.78 Å². The molecule has 0 aliphatic heterocycles. The fraction of sp³-hybridized carbons (Fsp3) is 0.107. The molecule has 0 N–H and O–H groups in total. The van der Waals surface area contributed by atoms with Gasteiger partial charge >= 0.3 is 5.63 Å². The van der Waals surface area contributed by atoms with Crippen molar-refractivity contribution in [3.63, 3.8) is 0 Å². The number of hydrogen-bond donors (Lipinski definition) is 0. The van der Waals surface area contributed by atoms with Crippen molar-refractivity contribution in [2.45, 2.75) is 24.4 Å². The Labute approximate surface area is 208 Å². The third-order valence-electron chi connectivity index (χ3n) is 6.13. The Morgan fingerprint density at radius 1 is 0.971 bits per heavy atom. The van der Waals surface area contributed by atoms with Crippen LogP contribution in [-0.4, -0.2) is 9.55 Å². The molecule has 0 fully saturated rings. The van der Waals surface area contributed by atoms with E-state index in [1.54, 1.807) is 10.6 Å². The molecule has 6 rings (SSSR count). The molecule has 3 aromatic carbocycles. The van der Waals surface area contributed by atoms with Gasteiger partial charge in [0.25, 0.3) is 5.56 Å². The van der Waals surface area contributed by atoms with Crippen molar-refractivity contribution in [3.05, 3.63) is 105 Å². The summed E-state index contributed by atoms with van der Waals surface area (Å²) in [6.07, 6.45) is 0. The summed E-state index contributed by atoms with van der Waals surface area (Å²) in [5.74, 6) is 0.491. The number of nitrogens with zero attached hydrogens (tertiary/aromatic N) is 2. The first-order chi connectivity index (χ1) is 17.1. The van der Waals surface area contributed by atoms with Crippen LogP contribution in [0.1, 0.15) is 12.5 Å². The van der Waals surface area contributed by atoms with Crippen LogP contribution in [-0.2, 0) is 12.3 Å². The molecule has 6 aromatic rings. The summed E-state index contributed by atoms with van der Waals surface area (Å²) in [6, 6.07) is 23.3. The molecule has 0 aliphatic rings. The summed E-state index contributed by atoms with van der Waals surface area (Å²) in [5.41, 5.74) is 2.93. The molecule has 5 nitrogen and oxygen atoms in total. The molecule has 172 valence electrons. The van der Waals surface area contributed by atoms with Crippen LogP contribution < -0.4 is 11.2 Å². The largest absolute Gasteiger partial charge is 0.423 e. The van der Waals surface area contributed by atoms with Gasteiger partial charge in [-0.3, -0.25) is 9.36 Å². The Bertz CT molecular complexity index is 1840. The lowest BCUT2D eigenvalue weighted by Gasteiger charge is -2.12. The number of fused-ring (bicyclic) bond motifs is 4. The molecule has 0 radical (unpaired) electrons. The quantitative estimate of drug-likeness (QED) is 0.115. The van der Waals surface area contributed by atoms with Gasteiger partial charge in [0.1, 0.15) is 10.4 Å². The lowest BCUT2D eigenvalue weighted by Crippen LogP contribution is -2.22. The molecule has 35 heavy (non-hydrogen) atoms. The first kappa shape index (κ1) is 21.8. The van der Waals surface area contributed by atoms with E-state index in [-0.39, 0.29) is 11.2 Å². The van der Waals surface area contributed by atoms with E-state index < -0.39 is 0 Å². The monoisotopic (exact) mass is 496 g/mol. The van der Waals surface area contributed by atoms with E-state index >= 15 is 0 Å². The second kappa shape index (κ2) is 8.83. The number of aromatic nitrogens is 2. The van der Waals surface area contributed by atoms with Crippen LogP contribution in [0.2, 0.25) is 0 Å². The normalized spacial score (nSPS) is 11.6. The average Bonchev–Trinajstić information content (AvgIpc) is 3.32. The summed E-state index contributed by atoms with van der Waals surface area (Å²) >= 11 is 2.95. The van der Waals surface area contributed by atoms with Gasteiger partial charge < -0.3 is 4.42 Å². The minimum Gasteiger partial charge on any atom is -0.423 e. The second-order valence-corrected chi connectivity index (χ2v) is 9.98. The smallest absolute Gasteiger partial charge is 0.336 e. The Balaban J connectivity index is 1.46. The maximum atomic E-state index is 13.5. The van der Waals surface area contributed by atoms with Gasteiger partial charge in [0, 0.05) is 34.7 Å². The highest BCUT2D eigenvalue weighted by Gasteiger charge is 2.18. The Hall–Kier alpha value is -3.68. The topological polar surface area (TPSA) is 65.1 Å². The van der Waals surface area contributed by atoms with Gasteiger partial charge in [0.05, 0.1) is 5.39 Å². The molecule has 3 heterocycles. The van der Waals surface area contributed by atoms with Crippen LogP contribution in [0.25, 0.3) is 43.1 Å². The number of thioether (sulfide) groups is 1. The minimum atomic E-state index is -0.384. The van der Waals surface area contributed by atoms with E-state index in [1.165, 1.54) is 23.1 Å². The van der Waals surface area contributed by atoms with Crippen molar-refractivity contribution in [3.8, 4) is 11.1 Å². The van der Waals surface area contributed by atoms with Crippen molar-refractivity contribution in [2.24, 2.45) is 0 Å². The predicted molar refractivity (Wildman–Crippen MR) is 145 cm³/mol. The summed E-state index contributed by atoms with van der Waals surface area (Å²) in [5, 5.41) is 6.34. The average molecular weight is 497 g/mol. The van der Waals surface area contributed by atoms with Crippen molar-refractivity contribution >= 4 is 55.1 Å². The first-order valence-corrected chi connectivity index (χ1v) is 13.2. The van der Waals surface area contributed by atoms with Crippen molar-refractivity contribution < 1.29 is 4.42 Å². The summed E-state index contributed by atoms with van der Waals surface area (Å²) in [4.78, 5) is 31.4. The molecular weight excluding hydrogens is 476 g/mol. The van der Waals surface area contributed by atoms with E-state index in [0.29, 0.717) is 28.4 Å². The van der Waals surface area contributed by atoms with Crippen LogP contribution in [0.3, 0.4) is 0 Å². The molecule has 3 aromatic heterocycles. The van der Waals surface area contributed by atoms with Crippen LogP contribution in [0.15, 0.2) is 97.3 Å². The van der Waals surface area contributed by atoms with E-state index in [0.717, 1.165) is 37.7 Å². The summed E-state index contributed by atoms with van der Waals surface area (Å²) in [6.45, 7) is 2.46. The zero-order chi connectivity index (χ0) is 23.9. The molecule has 0 saturated carbocycles. The molecule has 0 atom stereocenters. The second-order valence-electron chi connectivity index (χ2n) is 8.18. The number of hydrogen-bond acceptors (Lipinski definition) is 6. The molecule has 0 aliphatic carbocycles. The Kier molecular flexibility index (Phi) is 5.51. The number of rotatable bonds is 5. The van der Waals surface area contributed by atoms with Crippen molar-refractivity contribution in [1.29, 1.82) is 0 Å². The van der Waals surface area contributed by atoms with Gasteiger partial charge in [0.2, 0.25) is 0 Å². The first-order valence-electron chi connectivity index (χ1n) is 11.3. The van der Waals surface area contributed by atoms with E-state index in [9.17, 15) is 9.59 Å². The van der Waals surface area contributed by atoms with Gasteiger partial charge in [-0.15, -0.1) is 11.3 Å².